The molecule has 3 heterocycles. The fourth-order valence-electron chi connectivity index (χ4n) is 3.81. The maximum atomic E-state index is 13.1. The molecule has 31 heavy (non-hydrogen) atoms. The van der Waals surface area contributed by atoms with Gasteiger partial charge in [-0.25, -0.2) is 4.98 Å². The Balaban J connectivity index is 1.69. The highest BCUT2D eigenvalue weighted by molar-refractivity contribution is 6.01. The van der Waals surface area contributed by atoms with E-state index in [9.17, 15) is 18.0 Å². The monoisotopic (exact) mass is 432 g/mol. The van der Waals surface area contributed by atoms with Gasteiger partial charge in [-0.05, 0) is 30.2 Å². The fraction of sp³-hybridized carbons (Fsp3) is 0.409. The lowest BCUT2D eigenvalue weighted by Crippen LogP contribution is -2.52. The third-order valence-corrected chi connectivity index (χ3v) is 5.56. The number of alkyl halides is 3. The van der Waals surface area contributed by atoms with Crippen molar-refractivity contribution < 1.29 is 22.7 Å². The van der Waals surface area contributed by atoms with Crippen LogP contribution < -0.4 is 0 Å². The zero-order chi connectivity index (χ0) is 22.3. The molecular formula is C22H23F3N4O2. The van der Waals surface area contributed by atoms with Gasteiger partial charge in [0.25, 0.3) is 0 Å². The molecule has 2 aromatic heterocycles. The SMILES string of the molecule is CC(=O)c1cc(-c2cnn(C)c2)c2ccc(CN3C[C@H](C(F)(F)F)OC[C@H]3C)cc2n1. The van der Waals surface area contributed by atoms with E-state index in [1.54, 1.807) is 21.8 Å². The fourth-order valence-corrected chi connectivity index (χ4v) is 3.81. The summed E-state index contributed by atoms with van der Waals surface area (Å²) in [7, 11) is 1.81. The van der Waals surface area contributed by atoms with Crippen LogP contribution in [0.4, 0.5) is 13.2 Å². The largest absolute Gasteiger partial charge is 0.415 e. The van der Waals surface area contributed by atoms with Crippen LogP contribution in [0.3, 0.4) is 0 Å². The first-order valence-corrected chi connectivity index (χ1v) is 9.98. The number of Topliss-reactive ketones (excluding diaryl/α,β-unsaturated/α-hetero) is 1. The number of carbonyl (C=O) groups excluding carboxylic acids is 1. The van der Waals surface area contributed by atoms with E-state index in [1.807, 2.05) is 38.4 Å². The number of aryl methyl sites for hydroxylation is 1. The molecule has 164 valence electrons. The molecule has 9 heteroatoms. The summed E-state index contributed by atoms with van der Waals surface area (Å²) in [5.74, 6) is -0.160. The maximum absolute atomic E-state index is 13.1. The highest BCUT2D eigenvalue weighted by Crippen LogP contribution is 2.31. The van der Waals surface area contributed by atoms with Crippen molar-refractivity contribution in [2.24, 2.45) is 7.05 Å². The molecule has 0 radical (unpaired) electrons. The molecule has 1 fully saturated rings. The van der Waals surface area contributed by atoms with Gasteiger partial charge in [0.1, 0.15) is 5.69 Å². The number of hydrogen-bond donors (Lipinski definition) is 0. The van der Waals surface area contributed by atoms with Crippen LogP contribution in [0, 0.1) is 0 Å². The van der Waals surface area contributed by atoms with E-state index in [2.05, 4.69) is 10.1 Å². The summed E-state index contributed by atoms with van der Waals surface area (Å²) in [5.41, 5.74) is 3.48. The quantitative estimate of drug-likeness (QED) is 0.584. The van der Waals surface area contributed by atoms with Crippen molar-refractivity contribution in [3.63, 3.8) is 0 Å². The molecular weight excluding hydrogens is 409 g/mol. The van der Waals surface area contributed by atoms with Gasteiger partial charge in [0.15, 0.2) is 11.9 Å². The van der Waals surface area contributed by atoms with E-state index < -0.39 is 12.3 Å². The van der Waals surface area contributed by atoms with Gasteiger partial charge in [0.05, 0.1) is 18.3 Å². The second-order valence-corrected chi connectivity index (χ2v) is 8.01. The molecule has 0 N–H and O–H groups in total. The van der Waals surface area contributed by atoms with E-state index in [1.165, 1.54) is 6.92 Å². The summed E-state index contributed by atoms with van der Waals surface area (Å²) in [6, 6.07) is 7.24. The standard InChI is InChI=1S/C22H23F3N4O2/c1-13-12-31-21(22(23,24)25)11-29(13)9-15-4-5-17-18(16-8-26-28(3)10-16)7-19(14(2)30)27-20(17)6-15/h4-8,10,13,21H,9,11-12H2,1-3H3/t13-,21-/m1/s1. The smallest absolute Gasteiger partial charge is 0.366 e. The van der Waals surface area contributed by atoms with Crippen molar-refractivity contribution in [2.45, 2.75) is 38.7 Å². The van der Waals surface area contributed by atoms with Crippen LogP contribution in [0.25, 0.3) is 22.0 Å². The summed E-state index contributed by atoms with van der Waals surface area (Å²) in [6.07, 6.45) is -2.60. The van der Waals surface area contributed by atoms with Gasteiger partial charge in [-0.15, -0.1) is 0 Å². The molecule has 2 atom stereocenters. The number of fused-ring (bicyclic) bond motifs is 1. The summed E-state index contributed by atoms with van der Waals surface area (Å²) >= 11 is 0. The number of ether oxygens (including phenoxy) is 1. The Bertz CT molecular complexity index is 1130. The molecule has 0 unspecified atom stereocenters. The van der Waals surface area contributed by atoms with E-state index in [4.69, 9.17) is 4.74 Å². The Kier molecular flexibility index (Phi) is 5.57. The maximum Gasteiger partial charge on any atom is 0.415 e. The molecule has 0 spiro atoms. The predicted octanol–water partition coefficient (Wildman–Crippen LogP) is 3.99. The van der Waals surface area contributed by atoms with E-state index >= 15 is 0 Å². The third kappa shape index (κ3) is 4.47. The van der Waals surface area contributed by atoms with Crippen LogP contribution in [0.15, 0.2) is 36.7 Å². The van der Waals surface area contributed by atoms with Crippen LogP contribution in [0.5, 0.6) is 0 Å². The van der Waals surface area contributed by atoms with E-state index in [0.29, 0.717) is 17.8 Å². The first-order valence-electron chi connectivity index (χ1n) is 9.98. The lowest BCUT2D eigenvalue weighted by Gasteiger charge is -2.38. The van der Waals surface area contributed by atoms with Crippen LogP contribution in [0.2, 0.25) is 0 Å². The molecule has 0 aliphatic carbocycles. The van der Waals surface area contributed by atoms with Crippen molar-refractivity contribution in [3.05, 3.63) is 47.9 Å². The number of halogens is 3. The number of hydrogen-bond acceptors (Lipinski definition) is 5. The molecule has 1 saturated heterocycles. The molecule has 3 aromatic rings. The zero-order valence-corrected chi connectivity index (χ0v) is 17.5. The van der Waals surface area contributed by atoms with Gasteiger partial charge in [-0.2, -0.15) is 18.3 Å². The summed E-state index contributed by atoms with van der Waals surface area (Å²) in [5, 5.41) is 5.06. The molecule has 0 amide bonds. The minimum atomic E-state index is -4.39. The number of carbonyl (C=O) groups is 1. The summed E-state index contributed by atoms with van der Waals surface area (Å²) in [6.45, 7) is 3.44. The number of nitrogens with zero attached hydrogens (tertiary/aromatic N) is 4. The van der Waals surface area contributed by atoms with Gasteiger partial charge in [0.2, 0.25) is 0 Å². The van der Waals surface area contributed by atoms with Gasteiger partial charge < -0.3 is 4.74 Å². The normalized spacial score (nSPS) is 20.3. The minimum Gasteiger partial charge on any atom is -0.366 e. The zero-order valence-electron chi connectivity index (χ0n) is 17.5. The van der Waals surface area contributed by atoms with E-state index in [-0.39, 0.29) is 25.0 Å². The number of benzene rings is 1. The highest BCUT2D eigenvalue weighted by atomic mass is 19.4. The van der Waals surface area contributed by atoms with Gasteiger partial charge >= 0.3 is 6.18 Å². The van der Waals surface area contributed by atoms with Crippen molar-refractivity contribution in [3.8, 4) is 11.1 Å². The Morgan fingerprint density at radius 3 is 2.71 bits per heavy atom. The second-order valence-electron chi connectivity index (χ2n) is 8.01. The lowest BCUT2D eigenvalue weighted by atomic mass is 10.00. The Hall–Kier alpha value is -2.78. The number of morpholine rings is 1. The van der Waals surface area contributed by atoms with Crippen molar-refractivity contribution in [2.75, 3.05) is 13.2 Å². The molecule has 1 aliphatic rings. The van der Waals surface area contributed by atoms with Crippen molar-refractivity contribution in [1.82, 2.24) is 19.7 Å². The van der Waals surface area contributed by atoms with Crippen molar-refractivity contribution >= 4 is 16.7 Å². The number of ketones is 1. The van der Waals surface area contributed by atoms with Crippen LogP contribution in [-0.2, 0) is 18.3 Å². The number of aromatic nitrogens is 3. The van der Waals surface area contributed by atoms with Crippen LogP contribution in [-0.4, -0.2) is 56.9 Å². The molecule has 1 aromatic carbocycles. The molecule has 1 aliphatic heterocycles. The van der Waals surface area contributed by atoms with E-state index in [0.717, 1.165) is 22.1 Å². The lowest BCUT2D eigenvalue weighted by molar-refractivity contribution is -0.244. The first-order chi connectivity index (χ1) is 14.6. The first kappa shape index (κ1) is 21.5. The number of pyridine rings is 1. The molecule has 4 rings (SSSR count). The Labute approximate surface area is 177 Å². The predicted molar refractivity (Wildman–Crippen MR) is 110 cm³/mol. The second kappa shape index (κ2) is 8.05. The van der Waals surface area contributed by atoms with Crippen LogP contribution >= 0.6 is 0 Å². The summed E-state index contributed by atoms with van der Waals surface area (Å²) in [4.78, 5) is 18.3. The number of rotatable bonds is 4. The third-order valence-electron chi connectivity index (χ3n) is 5.56. The Morgan fingerprint density at radius 1 is 1.29 bits per heavy atom. The Morgan fingerprint density at radius 2 is 2.06 bits per heavy atom. The summed E-state index contributed by atoms with van der Waals surface area (Å²) < 4.78 is 46.0. The molecule has 6 nitrogen and oxygen atoms in total. The van der Waals surface area contributed by atoms with Crippen LogP contribution in [0.1, 0.15) is 29.9 Å². The average Bonchev–Trinajstić information content (AvgIpc) is 3.13. The average molecular weight is 432 g/mol. The molecule has 0 saturated carbocycles. The van der Waals surface area contributed by atoms with Gasteiger partial charge in [-0.3, -0.25) is 14.4 Å². The topological polar surface area (TPSA) is 60.2 Å². The minimum absolute atomic E-state index is 0.0235. The van der Waals surface area contributed by atoms with Crippen molar-refractivity contribution in [1.29, 1.82) is 0 Å². The van der Waals surface area contributed by atoms with Gasteiger partial charge in [-0.1, -0.05) is 12.1 Å². The molecule has 0 bridgehead atoms. The highest BCUT2D eigenvalue weighted by Gasteiger charge is 2.44. The van der Waals surface area contributed by atoms with Gasteiger partial charge in [0, 0.05) is 50.2 Å².